The van der Waals surface area contributed by atoms with E-state index in [1.807, 2.05) is 42.5 Å². The van der Waals surface area contributed by atoms with Gasteiger partial charge in [-0.2, -0.15) is 0 Å². The van der Waals surface area contributed by atoms with Crippen molar-refractivity contribution in [2.75, 3.05) is 14.2 Å². The molecule has 0 atom stereocenters. The van der Waals surface area contributed by atoms with E-state index in [1.165, 1.54) is 0 Å². The van der Waals surface area contributed by atoms with Crippen LogP contribution < -0.4 is 9.47 Å². The Morgan fingerprint density at radius 3 is 2.26 bits per heavy atom. The molecule has 0 fully saturated rings. The van der Waals surface area contributed by atoms with Crippen LogP contribution in [0.25, 0.3) is 22.6 Å². The number of aromatic nitrogens is 1. The van der Waals surface area contributed by atoms with Crippen LogP contribution in [0.5, 0.6) is 11.5 Å². The number of oxazole rings is 1. The van der Waals surface area contributed by atoms with Crippen LogP contribution >= 0.6 is 0 Å². The number of methoxy groups -OCH3 is 2. The first-order valence-corrected chi connectivity index (χ1v) is 5.89. The molecule has 4 heteroatoms. The molecule has 1 heterocycles. The highest BCUT2D eigenvalue weighted by Crippen LogP contribution is 2.27. The summed E-state index contributed by atoms with van der Waals surface area (Å²) in [4.78, 5) is 4.45. The van der Waals surface area contributed by atoms with Crippen LogP contribution in [0.15, 0.2) is 46.9 Å². The Hall–Kier alpha value is -2.49. The van der Waals surface area contributed by atoms with Crippen molar-refractivity contribution < 1.29 is 13.9 Å². The molecule has 0 bridgehead atoms. The van der Waals surface area contributed by atoms with Crippen molar-refractivity contribution in [2.45, 2.75) is 0 Å². The number of fused-ring (bicyclic) bond motifs is 1. The standard InChI is InChI=1S/C15H13NO3/c1-17-11-5-3-10(4-6-11)15-16-13-8-7-12(18-2)9-14(13)19-15/h3-9H,1-2H3. The third kappa shape index (κ3) is 2.12. The summed E-state index contributed by atoms with van der Waals surface area (Å²) in [6, 6.07) is 13.2. The van der Waals surface area contributed by atoms with Crippen LogP contribution in [-0.2, 0) is 0 Å². The lowest BCUT2D eigenvalue weighted by atomic mass is 10.2. The number of ether oxygens (including phenoxy) is 2. The van der Waals surface area contributed by atoms with Crippen LogP contribution in [0.4, 0.5) is 0 Å². The van der Waals surface area contributed by atoms with Gasteiger partial charge in [0.15, 0.2) is 5.58 Å². The molecule has 19 heavy (non-hydrogen) atoms. The molecule has 3 aromatic rings. The van der Waals surface area contributed by atoms with Crippen LogP contribution in [0.3, 0.4) is 0 Å². The summed E-state index contributed by atoms with van der Waals surface area (Å²) >= 11 is 0. The van der Waals surface area contributed by atoms with Gasteiger partial charge in [0, 0.05) is 11.6 Å². The predicted molar refractivity (Wildman–Crippen MR) is 72.5 cm³/mol. The maximum absolute atomic E-state index is 5.74. The van der Waals surface area contributed by atoms with Gasteiger partial charge >= 0.3 is 0 Å². The minimum atomic E-state index is 0.589. The molecule has 96 valence electrons. The second kappa shape index (κ2) is 4.65. The van der Waals surface area contributed by atoms with Gasteiger partial charge in [0.25, 0.3) is 0 Å². The van der Waals surface area contributed by atoms with E-state index in [1.54, 1.807) is 14.2 Å². The van der Waals surface area contributed by atoms with Crippen molar-refractivity contribution in [3.63, 3.8) is 0 Å². The van der Waals surface area contributed by atoms with Crippen molar-refractivity contribution in [1.29, 1.82) is 0 Å². The largest absolute Gasteiger partial charge is 0.497 e. The van der Waals surface area contributed by atoms with Gasteiger partial charge in [-0.25, -0.2) is 4.98 Å². The lowest BCUT2D eigenvalue weighted by Crippen LogP contribution is -1.82. The number of hydrogen-bond acceptors (Lipinski definition) is 4. The Labute approximate surface area is 110 Å². The SMILES string of the molecule is COc1ccc(-c2nc3ccc(OC)cc3o2)cc1. The van der Waals surface area contributed by atoms with Crippen LogP contribution in [0.2, 0.25) is 0 Å². The maximum Gasteiger partial charge on any atom is 0.227 e. The van der Waals surface area contributed by atoms with E-state index in [4.69, 9.17) is 13.9 Å². The number of nitrogens with zero attached hydrogens (tertiary/aromatic N) is 1. The highest BCUT2D eigenvalue weighted by atomic mass is 16.5. The molecule has 0 amide bonds. The third-order valence-electron chi connectivity index (χ3n) is 2.93. The molecule has 0 unspecified atom stereocenters. The lowest BCUT2D eigenvalue weighted by molar-refractivity contribution is 0.414. The average molecular weight is 255 g/mol. The molecule has 0 spiro atoms. The number of hydrogen-bond donors (Lipinski definition) is 0. The monoisotopic (exact) mass is 255 g/mol. The van der Waals surface area contributed by atoms with E-state index in [0.717, 1.165) is 22.6 Å². The molecule has 0 saturated carbocycles. The molecule has 0 aliphatic heterocycles. The zero-order valence-electron chi connectivity index (χ0n) is 10.7. The molecular formula is C15H13NO3. The Kier molecular flexibility index (Phi) is 2.83. The second-order valence-corrected chi connectivity index (χ2v) is 4.08. The summed E-state index contributed by atoms with van der Waals surface area (Å²) in [7, 11) is 3.27. The van der Waals surface area contributed by atoms with E-state index in [2.05, 4.69) is 4.98 Å². The molecule has 1 aromatic heterocycles. The summed E-state index contributed by atoms with van der Waals surface area (Å²) in [5.74, 6) is 2.15. The Morgan fingerprint density at radius 2 is 1.58 bits per heavy atom. The zero-order chi connectivity index (χ0) is 13.2. The topological polar surface area (TPSA) is 44.5 Å². The molecule has 3 rings (SSSR count). The molecule has 0 radical (unpaired) electrons. The van der Waals surface area contributed by atoms with Gasteiger partial charge in [0.1, 0.15) is 17.0 Å². The van der Waals surface area contributed by atoms with Crippen LogP contribution in [-0.4, -0.2) is 19.2 Å². The second-order valence-electron chi connectivity index (χ2n) is 4.08. The van der Waals surface area contributed by atoms with E-state index in [9.17, 15) is 0 Å². The fourth-order valence-electron chi connectivity index (χ4n) is 1.89. The third-order valence-corrected chi connectivity index (χ3v) is 2.93. The van der Waals surface area contributed by atoms with E-state index in [-0.39, 0.29) is 0 Å². The van der Waals surface area contributed by atoms with Gasteiger partial charge in [-0.05, 0) is 36.4 Å². The molecule has 0 aliphatic carbocycles. The summed E-state index contributed by atoms with van der Waals surface area (Å²) in [5.41, 5.74) is 2.44. The van der Waals surface area contributed by atoms with Gasteiger partial charge in [-0.15, -0.1) is 0 Å². The Bertz CT molecular complexity index is 701. The van der Waals surface area contributed by atoms with E-state index in [0.29, 0.717) is 11.5 Å². The van der Waals surface area contributed by atoms with Gasteiger partial charge in [0.05, 0.1) is 14.2 Å². The first kappa shape index (κ1) is 11.6. The van der Waals surface area contributed by atoms with Gasteiger partial charge in [-0.1, -0.05) is 0 Å². The molecule has 0 N–H and O–H groups in total. The Morgan fingerprint density at radius 1 is 0.895 bits per heavy atom. The highest BCUT2D eigenvalue weighted by molar-refractivity contribution is 5.77. The lowest BCUT2D eigenvalue weighted by Gasteiger charge is -1.99. The number of benzene rings is 2. The summed E-state index contributed by atoms with van der Waals surface area (Å²) in [5, 5.41) is 0. The first-order valence-electron chi connectivity index (χ1n) is 5.89. The van der Waals surface area contributed by atoms with Crippen LogP contribution in [0.1, 0.15) is 0 Å². The smallest absolute Gasteiger partial charge is 0.227 e. The molecule has 4 nitrogen and oxygen atoms in total. The van der Waals surface area contributed by atoms with E-state index >= 15 is 0 Å². The summed E-state index contributed by atoms with van der Waals surface area (Å²) < 4.78 is 16.0. The van der Waals surface area contributed by atoms with Gasteiger partial charge in [-0.3, -0.25) is 0 Å². The van der Waals surface area contributed by atoms with Crippen molar-refractivity contribution in [2.24, 2.45) is 0 Å². The fraction of sp³-hybridized carbons (Fsp3) is 0.133. The Balaban J connectivity index is 2.04. The quantitative estimate of drug-likeness (QED) is 0.718. The number of rotatable bonds is 3. The normalized spacial score (nSPS) is 10.6. The van der Waals surface area contributed by atoms with Crippen molar-refractivity contribution >= 4 is 11.1 Å². The van der Waals surface area contributed by atoms with Crippen molar-refractivity contribution in [1.82, 2.24) is 4.98 Å². The summed E-state index contributed by atoms with van der Waals surface area (Å²) in [6.45, 7) is 0. The average Bonchev–Trinajstić information content (AvgIpc) is 2.90. The molecule has 2 aromatic carbocycles. The summed E-state index contributed by atoms with van der Waals surface area (Å²) in [6.07, 6.45) is 0. The van der Waals surface area contributed by atoms with Crippen molar-refractivity contribution in [3.8, 4) is 23.0 Å². The predicted octanol–water partition coefficient (Wildman–Crippen LogP) is 3.51. The van der Waals surface area contributed by atoms with E-state index < -0.39 is 0 Å². The fourth-order valence-corrected chi connectivity index (χ4v) is 1.89. The first-order chi connectivity index (χ1) is 9.30. The minimum Gasteiger partial charge on any atom is -0.497 e. The zero-order valence-corrected chi connectivity index (χ0v) is 10.7. The van der Waals surface area contributed by atoms with Crippen molar-refractivity contribution in [3.05, 3.63) is 42.5 Å². The maximum atomic E-state index is 5.74. The highest BCUT2D eigenvalue weighted by Gasteiger charge is 2.09. The molecule has 0 aliphatic rings. The van der Waals surface area contributed by atoms with Gasteiger partial charge in [0.2, 0.25) is 5.89 Å². The van der Waals surface area contributed by atoms with Crippen LogP contribution in [0, 0.1) is 0 Å². The minimum absolute atomic E-state index is 0.589. The molecule has 0 saturated heterocycles. The molecular weight excluding hydrogens is 242 g/mol. The van der Waals surface area contributed by atoms with Gasteiger partial charge < -0.3 is 13.9 Å².